The molecule has 0 saturated carbocycles. The molecule has 0 aliphatic rings. The third-order valence-corrected chi connectivity index (χ3v) is 2.01. The quantitative estimate of drug-likeness (QED) is 0.681. The first-order valence-corrected chi connectivity index (χ1v) is 4.90. The third kappa shape index (κ3) is 5.00. The molecule has 0 fully saturated rings. The number of ether oxygens (including phenoxy) is 1. The van der Waals surface area contributed by atoms with Crippen molar-refractivity contribution >= 4 is 0 Å². The molecule has 1 aromatic carbocycles. The van der Waals surface area contributed by atoms with Crippen molar-refractivity contribution in [2.75, 3.05) is 0 Å². The number of rotatable bonds is 6. The summed E-state index contributed by atoms with van der Waals surface area (Å²) in [6.45, 7) is -2.86. The molecular formula is C11H12F4O. The van der Waals surface area contributed by atoms with Crippen molar-refractivity contribution < 1.29 is 22.3 Å². The second-order valence-corrected chi connectivity index (χ2v) is 3.31. The van der Waals surface area contributed by atoms with Crippen LogP contribution >= 0.6 is 0 Å². The Labute approximate surface area is 91.0 Å². The Morgan fingerprint density at radius 2 is 1.88 bits per heavy atom. The summed E-state index contributed by atoms with van der Waals surface area (Å²) in [6, 6.07) is 6.11. The number of halogens is 4. The van der Waals surface area contributed by atoms with Crippen LogP contribution in [0.2, 0.25) is 0 Å². The van der Waals surface area contributed by atoms with E-state index >= 15 is 0 Å². The molecular weight excluding hydrogens is 224 g/mol. The van der Waals surface area contributed by atoms with Gasteiger partial charge in [-0.25, -0.2) is 8.78 Å². The predicted molar refractivity (Wildman–Crippen MR) is 52.0 cm³/mol. The van der Waals surface area contributed by atoms with E-state index in [4.69, 9.17) is 0 Å². The van der Waals surface area contributed by atoms with Crippen LogP contribution in [0.25, 0.3) is 0 Å². The molecule has 0 spiro atoms. The Morgan fingerprint density at radius 1 is 1.12 bits per heavy atom. The van der Waals surface area contributed by atoms with E-state index in [0.717, 1.165) is 5.56 Å². The lowest BCUT2D eigenvalue weighted by Crippen LogP contribution is -2.02. The zero-order chi connectivity index (χ0) is 12.0. The lowest BCUT2D eigenvalue weighted by atomic mass is 10.1. The molecule has 0 N–H and O–H groups in total. The van der Waals surface area contributed by atoms with Gasteiger partial charge in [-0.15, -0.1) is 0 Å². The second-order valence-electron chi connectivity index (χ2n) is 3.31. The Kier molecular flexibility index (Phi) is 5.08. The maximum atomic E-state index is 11.9. The summed E-state index contributed by atoms with van der Waals surface area (Å²) >= 11 is 0. The van der Waals surface area contributed by atoms with E-state index in [1.165, 1.54) is 12.1 Å². The molecule has 90 valence electrons. The smallest absolute Gasteiger partial charge is 0.387 e. The van der Waals surface area contributed by atoms with Gasteiger partial charge in [-0.05, 0) is 30.5 Å². The number of hydrogen-bond donors (Lipinski definition) is 0. The number of alkyl halides is 4. The maximum absolute atomic E-state index is 11.9. The average molecular weight is 236 g/mol. The number of hydrogen-bond acceptors (Lipinski definition) is 1. The van der Waals surface area contributed by atoms with Crippen LogP contribution in [0, 0.1) is 0 Å². The minimum Gasteiger partial charge on any atom is -0.435 e. The summed E-state index contributed by atoms with van der Waals surface area (Å²) in [5.74, 6) is 0.0598. The molecule has 0 aliphatic heterocycles. The monoisotopic (exact) mass is 236 g/mol. The lowest BCUT2D eigenvalue weighted by Gasteiger charge is -2.06. The molecule has 1 aromatic rings. The summed E-state index contributed by atoms with van der Waals surface area (Å²) in [5, 5.41) is 0. The van der Waals surface area contributed by atoms with Gasteiger partial charge in [0.15, 0.2) is 0 Å². The molecule has 1 rings (SSSR count). The summed E-state index contributed by atoms with van der Waals surface area (Å²) < 4.78 is 51.7. The fourth-order valence-corrected chi connectivity index (χ4v) is 1.34. The fraction of sp³-hybridized carbons (Fsp3) is 0.455. The van der Waals surface area contributed by atoms with Crippen LogP contribution in [0.1, 0.15) is 18.4 Å². The molecule has 0 aliphatic carbocycles. The molecule has 16 heavy (non-hydrogen) atoms. The van der Waals surface area contributed by atoms with Gasteiger partial charge in [0.05, 0.1) is 0 Å². The number of benzene rings is 1. The van der Waals surface area contributed by atoms with Gasteiger partial charge >= 0.3 is 6.61 Å². The Balaban J connectivity index is 2.47. The van der Waals surface area contributed by atoms with Gasteiger partial charge in [0, 0.05) is 6.42 Å². The van der Waals surface area contributed by atoms with Crippen molar-refractivity contribution in [2.45, 2.75) is 32.3 Å². The Morgan fingerprint density at radius 3 is 2.50 bits per heavy atom. The minimum absolute atomic E-state index is 0.0598. The van der Waals surface area contributed by atoms with E-state index in [1.54, 1.807) is 12.1 Å². The summed E-state index contributed by atoms with van der Waals surface area (Å²) in [5.41, 5.74) is 0.721. The normalized spacial score (nSPS) is 11.1. The first-order valence-electron chi connectivity index (χ1n) is 4.90. The van der Waals surface area contributed by atoms with Gasteiger partial charge < -0.3 is 4.74 Å². The lowest BCUT2D eigenvalue weighted by molar-refractivity contribution is -0.0498. The molecule has 5 heteroatoms. The highest BCUT2D eigenvalue weighted by molar-refractivity contribution is 5.28. The van der Waals surface area contributed by atoms with Crippen molar-refractivity contribution in [3.63, 3.8) is 0 Å². The molecule has 0 unspecified atom stereocenters. The molecule has 0 aromatic heterocycles. The van der Waals surface area contributed by atoms with Gasteiger partial charge in [0.25, 0.3) is 0 Å². The zero-order valence-corrected chi connectivity index (χ0v) is 8.51. The van der Waals surface area contributed by atoms with Crippen LogP contribution < -0.4 is 4.74 Å². The van der Waals surface area contributed by atoms with Crippen molar-refractivity contribution in [1.29, 1.82) is 0 Å². The summed E-state index contributed by atoms with van der Waals surface area (Å²) in [7, 11) is 0. The highest BCUT2D eigenvalue weighted by Gasteiger charge is 2.06. The SMILES string of the molecule is FC(F)CCCc1cccc(OC(F)F)c1. The molecule has 1 nitrogen and oxygen atoms in total. The standard InChI is InChI=1S/C11H12F4O/c12-10(13)6-2-4-8-3-1-5-9(7-8)16-11(14)15/h1,3,5,7,10-11H,2,4,6H2. The van der Waals surface area contributed by atoms with Crippen LogP contribution in [-0.4, -0.2) is 13.0 Å². The van der Waals surface area contributed by atoms with Gasteiger partial charge in [-0.1, -0.05) is 12.1 Å². The van der Waals surface area contributed by atoms with Crippen molar-refractivity contribution in [3.8, 4) is 5.75 Å². The fourth-order valence-electron chi connectivity index (χ4n) is 1.34. The van der Waals surface area contributed by atoms with E-state index in [0.29, 0.717) is 12.8 Å². The van der Waals surface area contributed by atoms with Crippen LogP contribution in [0.5, 0.6) is 5.75 Å². The molecule has 0 amide bonds. The third-order valence-electron chi connectivity index (χ3n) is 2.01. The maximum Gasteiger partial charge on any atom is 0.387 e. The summed E-state index contributed by atoms with van der Waals surface area (Å²) in [4.78, 5) is 0. The first-order chi connectivity index (χ1) is 7.58. The molecule has 0 bridgehead atoms. The molecule has 0 saturated heterocycles. The Hall–Kier alpha value is -1.26. The predicted octanol–water partition coefficient (Wildman–Crippen LogP) is 3.88. The molecule has 0 heterocycles. The largest absolute Gasteiger partial charge is 0.435 e. The highest BCUT2D eigenvalue weighted by Crippen LogP contribution is 2.18. The van der Waals surface area contributed by atoms with Gasteiger partial charge in [-0.2, -0.15) is 8.78 Å². The van der Waals surface area contributed by atoms with E-state index in [2.05, 4.69) is 4.74 Å². The van der Waals surface area contributed by atoms with Crippen molar-refractivity contribution in [1.82, 2.24) is 0 Å². The van der Waals surface area contributed by atoms with E-state index in [-0.39, 0.29) is 12.2 Å². The first kappa shape index (κ1) is 12.8. The molecule has 0 radical (unpaired) electrons. The molecule has 0 atom stereocenters. The average Bonchev–Trinajstić information content (AvgIpc) is 2.16. The van der Waals surface area contributed by atoms with Crippen LogP contribution in [0.3, 0.4) is 0 Å². The Bertz CT molecular complexity index is 315. The van der Waals surface area contributed by atoms with E-state index in [9.17, 15) is 17.6 Å². The van der Waals surface area contributed by atoms with Crippen molar-refractivity contribution in [3.05, 3.63) is 29.8 Å². The number of aryl methyl sites for hydroxylation is 1. The zero-order valence-electron chi connectivity index (χ0n) is 8.51. The van der Waals surface area contributed by atoms with Crippen molar-refractivity contribution in [2.24, 2.45) is 0 Å². The van der Waals surface area contributed by atoms with Gasteiger partial charge in [0.2, 0.25) is 6.43 Å². The van der Waals surface area contributed by atoms with Crippen LogP contribution in [0.15, 0.2) is 24.3 Å². The van der Waals surface area contributed by atoms with E-state index < -0.39 is 13.0 Å². The topological polar surface area (TPSA) is 9.23 Å². The highest BCUT2D eigenvalue weighted by atomic mass is 19.3. The van der Waals surface area contributed by atoms with Crippen LogP contribution in [0.4, 0.5) is 17.6 Å². The van der Waals surface area contributed by atoms with Gasteiger partial charge in [0.1, 0.15) is 5.75 Å². The van der Waals surface area contributed by atoms with Gasteiger partial charge in [-0.3, -0.25) is 0 Å². The van der Waals surface area contributed by atoms with Crippen LogP contribution in [-0.2, 0) is 6.42 Å². The second kappa shape index (κ2) is 6.35. The minimum atomic E-state index is -2.86. The summed E-state index contributed by atoms with van der Waals surface area (Å²) in [6.07, 6.45) is -1.74. The van der Waals surface area contributed by atoms with E-state index in [1.807, 2.05) is 0 Å².